The smallest absolute Gasteiger partial charge is 0.225 e. The first-order valence-corrected chi connectivity index (χ1v) is 9.05. The average molecular weight is 332 g/mol. The predicted molar refractivity (Wildman–Crippen MR) is 92.8 cm³/mol. The third kappa shape index (κ3) is 3.79. The van der Waals surface area contributed by atoms with Crippen LogP contribution in [0.2, 0.25) is 0 Å². The molecule has 2 unspecified atom stereocenters. The molecule has 0 radical (unpaired) electrons. The number of aliphatic hydroxyl groups excluding tert-OH is 1. The lowest BCUT2D eigenvalue weighted by molar-refractivity contribution is -0.136. The number of rotatable bonds is 5. The zero-order valence-corrected chi connectivity index (χ0v) is 14.5. The summed E-state index contributed by atoms with van der Waals surface area (Å²) >= 11 is 0. The lowest BCUT2D eigenvalue weighted by atomic mass is 9.95. The maximum Gasteiger partial charge on any atom is 0.225 e. The van der Waals surface area contributed by atoms with Crippen LogP contribution >= 0.6 is 0 Å². The van der Waals surface area contributed by atoms with Crippen molar-refractivity contribution in [2.24, 2.45) is 0 Å². The fraction of sp³-hybridized carbons (Fsp3) is 0.632. The van der Waals surface area contributed by atoms with Gasteiger partial charge in [0, 0.05) is 32.2 Å². The summed E-state index contributed by atoms with van der Waals surface area (Å²) in [5, 5.41) is 9.42. The first kappa shape index (κ1) is 17.4. The van der Waals surface area contributed by atoms with E-state index in [0.29, 0.717) is 13.0 Å². The number of aliphatic hydroxyl groups is 1. The van der Waals surface area contributed by atoms with E-state index in [4.69, 9.17) is 4.74 Å². The molecule has 0 aliphatic carbocycles. The van der Waals surface area contributed by atoms with E-state index in [1.807, 2.05) is 17.0 Å². The molecular weight excluding hydrogens is 304 g/mol. The van der Waals surface area contributed by atoms with Gasteiger partial charge in [0.25, 0.3) is 0 Å². The molecule has 24 heavy (non-hydrogen) atoms. The van der Waals surface area contributed by atoms with Crippen molar-refractivity contribution in [2.75, 3.05) is 39.4 Å². The van der Waals surface area contributed by atoms with Crippen molar-refractivity contribution in [3.63, 3.8) is 0 Å². The number of ether oxygens (including phenoxy) is 1. The quantitative estimate of drug-likeness (QED) is 0.890. The fourth-order valence-corrected chi connectivity index (χ4v) is 3.77. The summed E-state index contributed by atoms with van der Waals surface area (Å²) in [5.74, 6) is 0.174. The highest BCUT2D eigenvalue weighted by molar-refractivity contribution is 5.77. The van der Waals surface area contributed by atoms with Gasteiger partial charge in [-0.1, -0.05) is 31.2 Å². The number of hydrogen-bond acceptors (Lipinski definition) is 4. The molecule has 0 bridgehead atoms. The van der Waals surface area contributed by atoms with Gasteiger partial charge in [-0.3, -0.25) is 9.69 Å². The lowest BCUT2D eigenvalue weighted by Gasteiger charge is -2.39. The molecule has 2 atom stereocenters. The first-order chi connectivity index (χ1) is 11.7. The standard InChI is InChI=1S/C19H28N2O3/c1-2-16(14-22)20-8-10-21(11-9-20)19(23)13-18-17-6-4-3-5-15(17)7-12-24-18/h3-6,16,18,22H,2,7-14H2,1H3. The molecule has 5 nitrogen and oxygen atoms in total. The van der Waals surface area contributed by atoms with Gasteiger partial charge in [-0.2, -0.15) is 0 Å². The Bertz CT molecular complexity index is 551. The molecule has 0 aromatic heterocycles. The molecule has 1 N–H and O–H groups in total. The highest BCUT2D eigenvalue weighted by Gasteiger charge is 2.28. The summed E-state index contributed by atoms with van der Waals surface area (Å²) in [5.41, 5.74) is 2.47. The minimum absolute atomic E-state index is 0.110. The minimum Gasteiger partial charge on any atom is -0.395 e. The zero-order chi connectivity index (χ0) is 16.9. The van der Waals surface area contributed by atoms with Gasteiger partial charge < -0.3 is 14.7 Å². The molecule has 1 aromatic carbocycles. The Morgan fingerprint density at radius 1 is 1.29 bits per heavy atom. The van der Waals surface area contributed by atoms with Gasteiger partial charge in [0.05, 0.1) is 25.7 Å². The Morgan fingerprint density at radius 3 is 2.75 bits per heavy atom. The molecule has 2 aliphatic heterocycles. The van der Waals surface area contributed by atoms with E-state index in [2.05, 4.69) is 24.0 Å². The highest BCUT2D eigenvalue weighted by atomic mass is 16.5. The van der Waals surface area contributed by atoms with E-state index in [1.165, 1.54) is 11.1 Å². The Kier molecular flexibility index (Phi) is 5.87. The molecule has 5 heteroatoms. The van der Waals surface area contributed by atoms with Gasteiger partial charge in [0.15, 0.2) is 0 Å². The third-order valence-electron chi connectivity index (χ3n) is 5.32. The second kappa shape index (κ2) is 8.10. The third-order valence-corrected chi connectivity index (χ3v) is 5.32. The summed E-state index contributed by atoms with van der Waals surface area (Å²) in [7, 11) is 0. The zero-order valence-electron chi connectivity index (χ0n) is 14.5. The topological polar surface area (TPSA) is 53.0 Å². The lowest BCUT2D eigenvalue weighted by Crippen LogP contribution is -2.52. The van der Waals surface area contributed by atoms with E-state index in [-0.39, 0.29) is 24.7 Å². The van der Waals surface area contributed by atoms with Crippen molar-refractivity contribution in [3.8, 4) is 0 Å². The van der Waals surface area contributed by atoms with Crippen molar-refractivity contribution in [1.82, 2.24) is 9.80 Å². The molecule has 2 aliphatic rings. The monoisotopic (exact) mass is 332 g/mol. The van der Waals surface area contributed by atoms with Crippen LogP contribution in [-0.2, 0) is 16.0 Å². The van der Waals surface area contributed by atoms with Crippen molar-refractivity contribution < 1.29 is 14.6 Å². The van der Waals surface area contributed by atoms with Crippen LogP contribution in [0.4, 0.5) is 0 Å². The van der Waals surface area contributed by atoms with Gasteiger partial charge in [-0.25, -0.2) is 0 Å². The van der Waals surface area contributed by atoms with Crippen LogP contribution in [0.25, 0.3) is 0 Å². The number of piperazine rings is 1. The Labute approximate surface area is 144 Å². The van der Waals surface area contributed by atoms with Gasteiger partial charge in [-0.05, 0) is 24.0 Å². The molecule has 132 valence electrons. The van der Waals surface area contributed by atoms with Gasteiger partial charge in [0.1, 0.15) is 0 Å². The molecule has 1 amide bonds. The van der Waals surface area contributed by atoms with Crippen molar-refractivity contribution >= 4 is 5.91 Å². The first-order valence-electron chi connectivity index (χ1n) is 9.05. The van der Waals surface area contributed by atoms with Crippen LogP contribution in [0.15, 0.2) is 24.3 Å². The van der Waals surface area contributed by atoms with Crippen LogP contribution in [0, 0.1) is 0 Å². The normalized spacial score (nSPS) is 22.9. The van der Waals surface area contributed by atoms with Gasteiger partial charge in [0.2, 0.25) is 5.91 Å². The van der Waals surface area contributed by atoms with Crippen LogP contribution in [-0.4, -0.2) is 66.2 Å². The molecule has 1 saturated heterocycles. The number of hydrogen-bond donors (Lipinski definition) is 1. The molecule has 0 saturated carbocycles. The second-order valence-electron chi connectivity index (χ2n) is 6.67. The number of carbonyl (C=O) groups is 1. The summed E-state index contributed by atoms with van der Waals surface area (Å²) in [6.07, 6.45) is 2.19. The summed E-state index contributed by atoms with van der Waals surface area (Å²) in [4.78, 5) is 16.9. The maximum absolute atomic E-state index is 12.7. The molecule has 0 spiro atoms. The van der Waals surface area contributed by atoms with Crippen molar-refractivity contribution in [3.05, 3.63) is 35.4 Å². The predicted octanol–water partition coefficient (Wildman–Crippen LogP) is 1.61. The summed E-state index contributed by atoms with van der Waals surface area (Å²) < 4.78 is 5.87. The molecule has 3 rings (SSSR count). The van der Waals surface area contributed by atoms with Crippen LogP contribution < -0.4 is 0 Å². The van der Waals surface area contributed by atoms with E-state index in [1.54, 1.807) is 0 Å². The Hall–Kier alpha value is -1.43. The Balaban J connectivity index is 1.56. The highest BCUT2D eigenvalue weighted by Crippen LogP contribution is 2.30. The number of fused-ring (bicyclic) bond motifs is 1. The average Bonchev–Trinajstić information content (AvgIpc) is 2.63. The van der Waals surface area contributed by atoms with Crippen molar-refractivity contribution in [2.45, 2.75) is 38.3 Å². The molecular formula is C19H28N2O3. The summed E-state index contributed by atoms with van der Waals surface area (Å²) in [6.45, 7) is 6.14. The van der Waals surface area contributed by atoms with E-state index >= 15 is 0 Å². The molecule has 2 heterocycles. The van der Waals surface area contributed by atoms with Gasteiger partial charge in [-0.15, -0.1) is 0 Å². The number of benzene rings is 1. The second-order valence-corrected chi connectivity index (χ2v) is 6.67. The number of nitrogens with zero attached hydrogens (tertiary/aromatic N) is 2. The molecule has 1 aromatic rings. The minimum atomic E-state index is -0.110. The van der Waals surface area contributed by atoms with Crippen molar-refractivity contribution in [1.29, 1.82) is 0 Å². The summed E-state index contributed by atoms with van der Waals surface area (Å²) in [6, 6.07) is 8.50. The van der Waals surface area contributed by atoms with Gasteiger partial charge >= 0.3 is 0 Å². The van der Waals surface area contributed by atoms with Crippen LogP contribution in [0.1, 0.15) is 37.0 Å². The number of carbonyl (C=O) groups excluding carboxylic acids is 1. The largest absolute Gasteiger partial charge is 0.395 e. The van der Waals surface area contributed by atoms with Crippen LogP contribution in [0.5, 0.6) is 0 Å². The van der Waals surface area contributed by atoms with E-state index < -0.39 is 0 Å². The number of amides is 1. The SMILES string of the molecule is CCC(CO)N1CCN(C(=O)CC2OCCc3ccccc32)CC1. The molecule has 1 fully saturated rings. The fourth-order valence-electron chi connectivity index (χ4n) is 3.77. The van der Waals surface area contributed by atoms with Crippen LogP contribution in [0.3, 0.4) is 0 Å². The van der Waals surface area contributed by atoms with E-state index in [9.17, 15) is 9.90 Å². The van der Waals surface area contributed by atoms with E-state index in [0.717, 1.165) is 39.0 Å². The Morgan fingerprint density at radius 2 is 2.04 bits per heavy atom. The maximum atomic E-state index is 12.7.